The van der Waals surface area contributed by atoms with Crippen LogP contribution in [0.5, 0.6) is 0 Å². The van der Waals surface area contributed by atoms with Gasteiger partial charge in [-0.05, 0) is 33.2 Å². The average molecular weight is 414 g/mol. The van der Waals surface area contributed by atoms with Crippen molar-refractivity contribution in [3.63, 3.8) is 0 Å². The van der Waals surface area contributed by atoms with Crippen molar-refractivity contribution < 1.29 is 18.7 Å². The Morgan fingerprint density at radius 3 is 2.46 bits per heavy atom. The third-order valence-corrected chi connectivity index (χ3v) is 5.65. The van der Waals surface area contributed by atoms with E-state index >= 15 is 8.78 Å². The molecule has 28 heavy (non-hydrogen) atoms. The fourth-order valence-corrected chi connectivity index (χ4v) is 3.97. The lowest BCUT2D eigenvalue weighted by Crippen LogP contribution is -2.31. The van der Waals surface area contributed by atoms with Crippen molar-refractivity contribution in [1.29, 1.82) is 0 Å². The summed E-state index contributed by atoms with van der Waals surface area (Å²) in [5.74, 6) is -2.97. The number of rotatable bonds is 4. The van der Waals surface area contributed by atoms with Crippen LogP contribution in [-0.2, 0) is 0 Å². The normalized spacial score (nSPS) is 19.1. The first kappa shape index (κ1) is 20.5. The van der Waals surface area contributed by atoms with Gasteiger partial charge in [0.1, 0.15) is 11.3 Å². The number of carbonyl (C=O) groups is 1. The van der Waals surface area contributed by atoms with Gasteiger partial charge in [0.25, 0.3) is 0 Å². The number of benzene rings is 1. The quantitative estimate of drug-likeness (QED) is 0.806. The Kier molecular flexibility index (Phi) is 5.38. The van der Waals surface area contributed by atoms with E-state index in [1.54, 1.807) is 4.90 Å². The summed E-state index contributed by atoms with van der Waals surface area (Å²) in [6, 6.07) is 0.0712. The molecule has 152 valence electrons. The lowest BCUT2D eigenvalue weighted by atomic mass is 10.0. The second-order valence-electron chi connectivity index (χ2n) is 7.36. The number of halogens is 3. The van der Waals surface area contributed by atoms with E-state index in [1.165, 1.54) is 17.7 Å². The molecule has 4 rings (SSSR count). The van der Waals surface area contributed by atoms with E-state index in [0.717, 1.165) is 19.3 Å². The van der Waals surface area contributed by atoms with Crippen LogP contribution in [-0.4, -0.2) is 41.8 Å². The summed E-state index contributed by atoms with van der Waals surface area (Å²) in [6.07, 6.45) is 3.51. The van der Waals surface area contributed by atoms with Gasteiger partial charge >= 0.3 is 5.97 Å². The van der Waals surface area contributed by atoms with Crippen LogP contribution in [0.3, 0.4) is 0 Å². The highest BCUT2D eigenvalue weighted by molar-refractivity contribution is 5.95. The van der Waals surface area contributed by atoms with Crippen LogP contribution in [0.15, 0.2) is 11.0 Å². The van der Waals surface area contributed by atoms with E-state index < -0.39 is 28.6 Å². The van der Waals surface area contributed by atoms with E-state index in [1.807, 2.05) is 7.05 Å². The summed E-state index contributed by atoms with van der Waals surface area (Å²) in [5, 5.41) is 12.3. The molecule has 1 saturated carbocycles. The first-order valence-electron chi connectivity index (χ1n) is 9.07. The van der Waals surface area contributed by atoms with Crippen LogP contribution in [0.1, 0.15) is 41.2 Å². The summed E-state index contributed by atoms with van der Waals surface area (Å²) in [7, 11) is 1.81. The highest BCUT2D eigenvalue weighted by Crippen LogP contribution is 2.41. The standard InChI is InChI=1S/C19H21F2N3O3.ClH/c1-9-13-16(24(11-3-4-11)8-12(18(13)25)19(26)27)15(21)17(14(9)20)23-6-5-10(7-23)22-2;/h8,10-11,22H,3-7H2,1-2H3,(H,26,27);1H. The van der Waals surface area contributed by atoms with Gasteiger partial charge in [-0.3, -0.25) is 4.79 Å². The predicted octanol–water partition coefficient (Wildman–Crippen LogP) is 2.84. The molecule has 0 amide bonds. The number of fused-ring (bicyclic) bond motifs is 1. The number of likely N-dealkylation sites (N-methyl/N-ethyl adjacent to an activating group) is 1. The van der Waals surface area contributed by atoms with E-state index in [4.69, 9.17) is 0 Å². The number of pyridine rings is 1. The van der Waals surface area contributed by atoms with Gasteiger partial charge < -0.3 is 19.9 Å². The monoisotopic (exact) mass is 413 g/mol. The van der Waals surface area contributed by atoms with Crippen molar-refractivity contribution in [2.24, 2.45) is 0 Å². The Morgan fingerprint density at radius 2 is 1.93 bits per heavy atom. The molecule has 0 bridgehead atoms. The predicted molar refractivity (Wildman–Crippen MR) is 105 cm³/mol. The molecule has 1 aliphatic heterocycles. The van der Waals surface area contributed by atoms with Gasteiger partial charge in [0.2, 0.25) is 5.43 Å². The van der Waals surface area contributed by atoms with E-state index in [2.05, 4.69) is 5.32 Å². The molecule has 0 spiro atoms. The Balaban J connectivity index is 0.00000225. The smallest absolute Gasteiger partial charge is 0.341 e. The Labute approximate surface area is 166 Å². The van der Waals surface area contributed by atoms with Gasteiger partial charge in [-0.1, -0.05) is 0 Å². The van der Waals surface area contributed by atoms with Crippen molar-refractivity contribution in [1.82, 2.24) is 9.88 Å². The van der Waals surface area contributed by atoms with Gasteiger partial charge in [0.15, 0.2) is 11.6 Å². The summed E-state index contributed by atoms with van der Waals surface area (Å²) in [6.45, 7) is 2.39. The number of nitrogens with zero attached hydrogens (tertiary/aromatic N) is 2. The summed E-state index contributed by atoms with van der Waals surface area (Å²) < 4.78 is 32.2. The third kappa shape index (κ3) is 3.04. The molecule has 6 nitrogen and oxygen atoms in total. The number of hydrogen-bond acceptors (Lipinski definition) is 4. The fourth-order valence-electron chi connectivity index (χ4n) is 3.97. The number of carboxylic acids is 1. The van der Waals surface area contributed by atoms with Crippen molar-refractivity contribution in [2.75, 3.05) is 25.0 Å². The van der Waals surface area contributed by atoms with E-state index in [-0.39, 0.29) is 46.6 Å². The molecule has 2 heterocycles. The lowest BCUT2D eigenvalue weighted by molar-refractivity contribution is 0.0695. The number of aryl methyl sites for hydroxylation is 1. The maximum atomic E-state index is 15.5. The fraction of sp³-hybridized carbons (Fsp3) is 0.474. The Hall–Kier alpha value is -2.19. The maximum absolute atomic E-state index is 15.5. The number of hydrogen-bond donors (Lipinski definition) is 2. The largest absolute Gasteiger partial charge is 0.477 e. The van der Waals surface area contributed by atoms with Crippen LogP contribution >= 0.6 is 12.4 Å². The van der Waals surface area contributed by atoms with Gasteiger partial charge in [-0.25, -0.2) is 13.6 Å². The lowest BCUT2D eigenvalue weighted by Gasteiger charge is -2.24. The van der Waals surface area contributed by atoms with E-state index in [9.17, 15) is 14.7 Å². The van der Waals surface area contributed by atoms with Crippen molar-refractivity contribution in [3.8, 4) is 0 Å². The molecule has 1 aromatic heterocycles. The van der Waals surface area contributed by atoms with Crippen LogP contribution < -0.4 is 15.6 Å². The van der Waals surface area contributed by atoms with Crippen molar-refractivity contribution >= 4 is 35.0 Å². The average Bonchev–Trinajstić information content (AvgIpc) is 3.37. The van der Waals surface area contributed by atoms with E-state index in [0.29, 0.717) is 13.1 Å². The third-order valence-electron chi connectivity index (χ3n) is 5.65. The first-order chi connectivity index (χ1) is 12.8. The summed E-state index contributed by atoms with van der Waals surface area (Å²) in [4.78, 5) is 25.8. The minimum Gasteiger partial charge on any atom is -0.477 e. The number of aromatic carboxylic acids is 1. The topological polar surface area (TPSA) is 74.6 Å². The van der Waals surface area contributed by atoms with Crippen LogP contribution in [0.25, 0.3) is 10.9 Å². The molecule has 2 aliphatic rings. The molecule has 1 atom stereocenters. The first-order valence-corrected chi connectivity index (χ1v) is 9.07. The summed E-state index contributed by atoms with van der Waals surface area (Å²) >= 11 is 0. The zero-order valence-electron chi connectivity index (χ0n) is 15.6. The van der Waals surface area contributed by atoms with Crippen LogP contribution in [0.2, 0.25) is 0 Å². The molecule has 2 N–H and O–H groups in total. The van der Waals surface area contributed by atoms with Gasteiger partial charge in [-0.2, -0.15) is 0 Å². The van der Waals surface area contributed by atoms with Crippen molar-refractivity contribution in [2.45, 2.75) is 38.3 Å². The number of anilines is 1. The molecule has 2 fully saturated rings. The molecule has 9 heteroatoms. The molecule has 1 saturated heterocycles. The Morgan fingerprint density at radius 1 is 1.25 bits per heavy atom. The van der Waals surface area contributed by atoms with Crippen molar-refractivity contribution in [3.05, 3.63) is 39.2 Å². The molecule has 1 aromatic carbocycles. The van der Waals surface area contributed by atoms with Gasteiger partial charge in [0, 0.05) is 36.9 Å². The van der Waals surface area contributed by atoms with Gasteiger partial charge in [0.05, 0.1) is 10.9 Å². The molecular weight excluding hydrogens is 392 g/mol. The SMILES string of the molecule is CNC1CCN(c2c(F)c(C)c3c(=O)c(C(=O)O)cn(C4CC4)c3c2F)C1.Cl. The zero-order chi connectivity index (χ0) is 19.5. The molecule has 2 aromatic rings. The minimum absolute atomic E-state index is 0. The number of carboxylic acid groups (broad SMARTS) is 1. The molecule has 0 radical (unpaired) electrons. The molecule has 1 unspecified atom stereocenters. The van der Waals surface area contributed by atoms with Gasteiger partial charge in [-0.15, -0.1) is 12.4 Å². The zero-order valence-corrected chi connectivity index (χ0v) is 16.4. The second-order valence-corrected chi connectivity index (χ2v) is 7.36. The highest BCUT2D eigenvalue weighted by atomic mass is 35.5. The second kappa shape index (κ2) is 7.33. The number of aromatic nitrogens is 1. The highest BCUT2D eigenvalue weighted by Gasteiger charge is 2.34. The minimum atomic E-state index is -1.39. The Bertz CT molecular complexity index is 1020. The number of nitrogens with one attached hydrogen (secondary N) is 1. The van der Waals surface area contributed by atoms with Crippen LogP contribution in [0, 0.1) is 18.6 Å². The maximum Gasteiger partial charge on any atom is 0.341 e. The molecule has 1 aliphatic carbocycles. The van der Waals surface area contributed by atoms with Crippen LogP contribution in [0.4, 0.5) is 14.5 Å². The molecular formula is C19H22ClF2N3O3. The summed E-state index contributed by atoms with van der Waals surface area (Å²) in [5.41, 5.74) is -1.42.